The number of nitro groups is 1. The van der Waals surface area contributed by atoms with Gasteiger partial charge >= 0.3 is 0 Å². The van der Waals surface area contributed by atoms with E-state index in [0.717, 1.165) is 0 Å². The fourth-order valence-electron chi connectivity index (χ4n) is 2.25. The van der Waals surface area contributed by atoms with Crippen molar-refractivity contribution in [3.63, 3.8) is 0 Å². The Morgan fingerprint density at radius 1 is 1.22 bits per heavy atom. The molecule has 0 aromatic heterocycles. The molecule has 8 heteroatoms. The molecular formula is C19H21N3O4S. The number of anilines is 1. The molecule has 7 nitrogen and oxygen atoms in total. The first kappa shape index (κ1) is 20.3. The van der Waals surface area contributed by atoms with Gasteiger partial charge in [-0.3, -0.25) is 20.2 Å². The molecule has 0 unspecified atom stereocenters. The Hall–Kier alpha value is -3.00. The highest BCUT2D eigenvalue weighted by Gasteiger charge is 2.15. The number of thiocarbonyl (C=S) groups is 1. The maximum atomic E-state index is 12.3. The molecule has 0 atom stereocenters. The molecule has 1 amide bonds. The monoisotopic (exact) mass is 387 g/mol. The Morgan fingerprint density at radius 3 is 2.48 bits per heavy atom. The highest BCUT2D eigenvalue weighted by atomic mass is 32.1. The second-order valence-electron chi connectivity index (χ2n) is 6.34. The largest absolute Gasteiger partial charge is 0.493 e. The van der Waals surface area contributed by atoms with Crippen LogP contribution in [0.4, 0.5) is 11.4 Å². The van der Waals surface area contributed by atoms with Gasteiger partial charge in [-0.05, 0) is 55.4 Å². The molecule has 2 rings (SSSR count). The minimum absolute atomic E-state index is 0.0221. The molecule has 0 saturated carbocycles. The first-order chi connectivity index (χ1) is 12.8. The fraction of sp³-hybridized carbons (Fsp3) is 0.263. The highest BCUT2D eigenvalue weighted by molar-refractivity contribution is 7.80. The third-order valence-corrected chi connectivity index (χ3v) is 3.88. The third-order valence-electron chi connectivity index (χ3n) is 3.68. The van der Waals surface area contributed by atoms with Crippen molar-refractivity contribution in [1.29, 1.82) is 0 Å². The van der Waals surface area contributed by atoms with Gasteiger partial charge in [0.15, 0.2) is 5.11 Å². The van der Waals surface area contributed by atoms with Crippen molar-refractivity contribution in [2.75, 3.05) is 11.9 Å². The second kappa shape index (κ2) is 9.09. The summed E-state index contributed by atoms with van der Waals surface area (Å²) in [5, 5.41) is 16.4. The Kier molecular flexibility index (Phi) is 6.84. The molecule has 0 aliphatic heterocycles. The van der Waals surface area contributed by atoms with Crippen molar-refractivity contribution in [3.8, 4) is 5.75 Å². The molecular weight excluding hydrogens is 366 g/mol. The molecule has 27 heavy (non-hydrogen) atoms. The number of rotatable bonds is 6. The van der Waals surface area contributed by atoms with E-state index < -0.39 is 4.92 Å². The highest BCUT2D eigenvalue weighted by Crippen LogP contribution is 2.24. The van der Waals surface area contributed by atoms with Gasteiger partial charge in [0, 0.05) is 11.6 Å². The maximum absolute atomic E-state index is 12.3. The van der Waals surface area contributed by atoms with E-state index in [0.29, 0.717) is 35.1 Å². The SMILES string of the molecule is Cc1c(NC(=S)NC(=O)c2ccc(OCC(C)C)cc2)cccc1[N+](=O)[O-]. The summed E-state index contributed by atoms with van der Waals surface area (Å²) in [5.74, 6) is 0.716. The lowest BCUT2D eigenvalue weighted by atomic mass is 10.1. The molecule has 0 aliphatic carbocycles. The van der Waals surface area contributed by atoms with E-state index in [-0.39, 0.29) is 16.7 Å². The quantitative estimate of drug-likeness (QED) is 0.441. The number of amides is 1. The van der Waals surface area contributed by atoms with Crippen molar-refractivity contribution >= 4 is 34.6 Å². The van der Waals surface area contributed by atoms with Gasteiger partial charge in [0.25, 0.3) is 11.6 Å². The van der Waals surface area contributed by atoms with Gasteiger partial charge in [0.05, 0.1) is 22.8 Å². The van der Waals surface area contributed by atoms with E-state index in [1.54, 1.807) is 43.3 Å². The molecule has 0 spiro atoms. The van der Waals surface area contributed by atoms with Gasteiger partial charge in [-0.25, -0.2) is 0 Å². The van der Waals surface area contributed by atoms with Gasteiger partial charge in [0.2, 0.25) is 0 Å². The average Bonchev–Trinajstić information content (AvgIpc) is 2.61. The molecule has 0 aliphatic rings. The van der Waals surface area contributed by atoms with E-state index in [1.807, 2.05) is 0 Å². The third kappa shape index (κ3) is 5.75. The van der Waals surface area contributed by atoms with Crippen LogP contribution in [-0.2, 0) is 0 Å². The van der Waals surface area contributed by atoms with Crippen molar-refractivity contribution in [3.05, 3.63) is 63.7 Å². The summed E-state index contributed by atoms with van der Waals surface area (Å²) < 4.78 is 5.58. The van der Waals surface area contributed by atoms with Crippen LogP contribution in [0.15, 0.2) is 42.5 Å². The number of hydrogen-bond donors (Lipinski definition) is 2. The second-order valence-corrected chi connectivity index (χ2v) is 6.75. The van der Waals surface area contributed by atoms with Crippen LogP contribution in [0.2, 0.25) is 0 Å². The normalized spacial score (nSPS) is 10.4. The molecule has 0 radical (unpaired) electrons. The molecule has 0 heterocycles. The first-order valence-electron chi connectivity index (χ1n) is 8.37. The number of carbonyl (C=O) groups is 1. The smallest absolute Gasteiger partial charge is 0.274 e. The van der Waals surface area contributed by atoms with Crippen LogP contribution >= 0.6 is 12.2 Å². The Morgan fingerprint density at radius 2 is 1.89 bits per heavy atom. The number of carbonyl (C=O) groups excluding carboxylic acids is 1. The number of nitrogens with zero attached hydrogens (tertiary/aromatic N) is 1. The van der Waals surface area contributed by atoms with E-state index in [9.17, 15) is 14.9 Å². The van der Waals surface area contributed by atoms with Crippen LogP contribution in [0.3, 0.4) is 0 Å². The Bertz CT molecular complexity index is 851. The van der Waals surface area contributed by atoms with Gasteiger partial charge in [-0.15, -0.1) is 0 Å². The summed E-state index contributed by atoms with van der Waals surface area (Å²) >= 11 is 5.14. The van der Waals surface area contributed by atoms with E-state index in [1.165, 1.54) is 6.07 Å². The minimum Gasteiger partial charge on any atom is -0.493 e. The zero-order valence-corrected chi connectivity index (χ0v) is 16.1. The number of nitrogens with one attached hydrogen (secondary N) is 2. The minimum atomic E-state index is -0.467. The van der Waals surface area contributed by atoms with Gasteiger partial charge in [-0.2, -0.15) is 0 Å². The van der Waals surface area contributed by atoms with E-state index in [4.69, 9.17) is 17.0 Å². The fourth-order valence-corrected chi connectivity index (χ4v) is 2.45. The standard InChI is InChI=1S/C19H21N3O4S/c1-12(2)11-26-15-9-7-14(8-10-15)18(23)21-19(27)20-16-5-4-6-17(13(16)3)22(24)25/h4-10,12H,11H2,1-3H3,(H2,20,21,23,27). The predicted molar refractivity (Wildman–Crippen MR) is 108 cm³/mol. The van der Waals surface area contributed by atoms with Gasteiger partial charge in [-0.1, -0.05) is 19.9 Å². The molecule has 0 fully saturated rings. The lowest BCUT2D eigenvalue weighted by Crippen LogP contribution is -2.34. The molecule has 142 valence electrons. The predicted octanol–water partition coefficient (Wildman–Crippen LogP) is 4.06. The Balaban J connectivity index is 1.99. The van der Waals surface area contributed by atoms with Crippen LogP contribution in [0.5, 0.6) is 5.75 Å². The van der Waals surface area contributed by atoms with Crippen molar-refractivity contribution in [2.24, 2.45) is 5.92 Å². The van der Waals surface area contributed by atoms with E-state index in [2.05, 4.69) is 24.5 Å². The molecule has 0 saturated heterocycles. The topological polar surface area (TPSA) is 93.5 Å². The molecule has 2 aromatic carbocycles. The van der Waals surface area contributed by atoms with Crippen LogP contribution in [0.1, 0.15) is 29.8 Å². The average molecular weight is 387 g/mol. The van der Waals surface area contributed by atoms with Gasteiger partial charge in [0.1, 0.15) is 5.75 Å². The summed E-state index contributed by atoms with van der Waals surface area (Å²) in [5.41, 5.74) is 1.30. The zero-order valence-electron chi connectivity index (χ0n) is 15.3. The van der Waals surface area contributed by atoms with Crippen LogP contribution < -0.4 is 15.4 Å². The van der Waals surface area contributed by atoms with Crippen LogP contribution in [-0.4, -0.2) is 22.5 Å². The maximum Gasteiger partial charge on any atom is 0.274 e. The molecule has 2 aromatic rings. The van der Waals surface area contributed by atoms with Crippen LogP contribution in [0, 0.1) is 23.0 Å². The molecule has 2 N–H and O–H groups in total. The summed E-state index contributed by atoms with van der Waals surface area (Å²) in [6.07, 6.45) is 0. The summed E-state index contributed by atoms with van der Waals surface area (Å²) in [6, 6.07) is 11.3. The lowest BCUT2D eigenvalue weighted by Gasteiger charge is -2.12. The Labute approximate surface area is 162 Å². The number of ether oxygens (including phenoxy) is 1. The van der Waals surface area contributed by atoms with E-state index >= 15 is 0 Å². The summed E-state index contributed by atoms with van der Waals surface area (Å²) in [7, 11) is 0. The van der Waals surface area contributed by atoms with Crippen molar-refractivity contribution < 1.29 is 14.5 Å². The van der Waals surface area contributed by atoms with Crippen molar-refractivity contribution in [2.45, 2.75) is 20.8 Å². The number of hydrogen-bond acceptors (Lipinski definition) is 5. The summed E-state index contributed by atoms with van der Waals surface area (Å²) in [4.78, 5) is 22.8. The summed E-state index contributed by atoms with van der Waals surface area (Å²) in [6.45, 7) is 6.32. The number of nitro benzene ring substituents is 1. The molecule has 0 bridgehead atoms. The van der Waals surface area contributed by atoms with Gasteiger partial charge < -0.3 is 10.1 Å². The zero-order chi connectivity index (χ0) is 20.0. The van der Waals surface area contributed by atoms with Crippen molar-refractivity contribution in [1.82, 2.24) is 5.32 Å². The lowest BCUT2D eigenvalue weighted by molar-refractivity contribution is -0.385. The van der Waals surface area contributed by atoms with Crippen LogP contribution in [0.25, 0.3) is 0 Å². The number of benzene rings is 2. The first-order valence-corrected chi connectivity index (χ1v) is 8.78.